The van der Waals surface area contributed by atoms with Crippen LogP contribution in [-0.4, -0.2) is 14.8 Å². The maximum Gasteiger partial charge on any atom is 0.146 e. The van der Waals surface area contributed by atoms with Gasteiger partial charge in [-0.3, -0.25) is 0 Å². The van der Waals surface area contributed by atoms with E-state index in [1.165, 1.54) is 24.8 Å². The molecule has 0 atom stereocenters. The van der Waals surface area contributed by atoms with E-state index in [-0.39, 0.29) is 0 Å². The normalized spacial score (nSPS) is 10.6. The summed E-state index contributed by atoms with van der Waals surface area (Å²) in [4.78, 5) is 4.25. The zero-order valence-corrected chi connectivity index (χ0v) is 11.8. The number of aromatic nitrogens is 3. The Labute approximate surface area is 114 Å². The summed E-state index contributed by atoms with van der Waals surface area (Å²) in [5, 5.41) is 7.54. The number of hydrogen-bond donors (Lipinski definition) is 1. The van der Waals surface area contributed by atoms with Crippen molar-refractivity contribution in [2.24, 2.45) is 0 Å². The van der Waals surface area contributed by atoms with Crippen molar-refractivity contribution in [2.75, 3.05) is 5.32 Å². The Kier molecular flexibility index (Phi) is 4.95. The second-order valence-corrected chi connectivity index (χ2v) is 4.65. The van der Waals surface area contributed by atoms with Crippen LogP contribution in [-0.2, 0) is 19.5 Å². The predicted molar refractivity (Wildman–Crippen MR) is 78.1 cm³/mol. The zero-order chi connectivity index (χ0) is 13.5. The Bertz CT molecular complexity index is 487. The second kappa shape index (κ2) is 6.92. The number of anilines is 1. The Morgan fingerprint density at radius 3 is 2.63 bits per heavy atom. The number of aryl methyl sites for hydroxylation is 2. The van der Waals surface area contributed by atoms with Crippen molar-refractivity contribution in [1.82, 2.24) is 14.8 Å². The van der Waals surface area contributed by atoms with E-state index in [4.69, 9.17) is 0 Å². The van der Waals surface area contributed by atoms with Gasteiger partial charge in [-0.1, -0.05) is 25.5 Å². The standard InChI is InChI=1S/C15H22N4/c1-3-5-6-13-7-9-14(10-8-13)16-11-15-17-12-18-19(15)4-2/h7-10,12,16H,3-6,11H2,1-2H3. The fourth-order valence-corrected chi connectivity index (χ4v) is 2.04. The lowest BCUT2D eigenvalue weighted by Gasteiger charge is -2.08. The van der Waals surface area contributed by atoms with Crippen LogP contribution >= 0.6 is 0 Å². The van der Waals surface area contributed by atoms with Crippen molar-refractivity contribution in [3.8, 4) is 0 Å². The third-order valence-corrected chi connectivity index (χ3v) is 3.22. The van der Waals surface area contributed by atoms with E-state index in [0.29, 0.717) is 6.54 Å². The minimum atomic E-state index is 0.710. The highest BCUT2D eigenvalue weighted by Crippen LogP contribution is 2.12. The van der Waals surface area contributed by atoms with Crippen LogP contribution in [0.15, 0.2) is 30.6 Å². The molecule has 4 nitrogen and oxygen atoms in total. The fourth-order valence-electron chi connectivity index (χ4n) is 2.04. The van der Waals surface area contributed by atoms with Crippen molar-refractivity contribution in [3.63, 3.8) is 0 Å². The Hall–Kier alpha value is -1.84. The molecule has 1 N–H and O–H groups in total. The molecule has 0 unspecified atom stereocenters. The molecule has 4 heteroatoms. The zero-order valence-electron chi connectivity index (χ0n) is 11.8. The number of nitrogens with one attached hydrogen (secondary N) is 1. The lowest BCUT2D eigenvalue weighted by atomic mass is 10.1. The van der Waals surface area contributed by atoms with Gasteiger partial charge in [-0.15, -0.1) is 0 Å². The van der Waals surface area contributed by atoms with Crippen LogP contribution < -0.4 is 5.32 Å². The van der Waals surface area contributed by atoms with Gasteiger partial charge in [0.25, 0.3) is 0 Å². The van der Waals surface area contributed by atoms with E-state index in [9.17, 15) is 0 Å². The molecule has 102 valence electrons. The molecule has 1 heterocycles. The molecule has 2 rings (SSSR count). The summed E-state index contributed by atoms with van der Waals surface area (Å²) in [6.07, 6.45) is 5.27. The first-order valence-corrected chi connectivity index (χ1v) is 7.03. The molecule has 0 aliphatic carbocycles. The molecular weight excluding hydrogens is 236 g/mol. The van der Waals surface area contributed by atoms with E-state index in [1.807, 2.05) is 4.68 Å². The largest absolute Gasteiger partial charge is 0.378 e. The van der Waals surface area contributed by atoms with Crippen LogP contribution in [0.4, 0.5) is 5.69 Å². The molecule has 0 fully saturated rings. The summed E-state index contributed by atoms with van der Waals surface area (Å²) in [5.74, 6) is 0.970. The molecule has 0 amide bonds. The summed E-state index contributed by atoms with van der Waals surface area (Å²) in [6.45, 7) is 5.86. The highest BCUT2D eigenvalue weighted by Gasteiger charge is 2.02. The van der Waals surface area contributed by atoms with Crippen molar-refractivity contribution in [1.29, 1.82) is 0 Å². The highest BCUT2D eigenvalue weighted by molar-refractivity contribution is 5.44. The first-order chi connectivity index (χ1) is 9.33. The van der Waals surface area contributed by atoms with Gasteiger partial charge in [0, 0.05) is 12.2 Å². The quantitative estimate of drug-likeness (QED) is 0.829. The Balaban J connectivity index is 1.89. The average Bonchev–Trinajstić information content (AvgIpc) is 2.91. The maximum absolute atomic E-state index is 4.25. The van der Waals surface area contributed by atoms with E-state index in [2.05, 4.69) is 53.5 Å². The molecule has 0 radical (unpaired) electrons. The summed E-state index contributed by atoms with van der Waals surface area (Å²) < 4.78 is 1.91. The Morgan fingerprint density at radius 2 is 1.95 bits per heavy atom. The molecule has 0 spiro atoms. The van der Waals surface area contributed by atoms with Gasteiger partial charge >= 0.3 is 0 Å². The van der Waals surface area contributed by atoms with Crippen LogP contribution in [0.25, 0.3) is 0 Å². The lowest BCUT2D eigenvalue weighted by molar-refractivity contribution is 0.622. The molecule has 2 aromatic rings. The van der Waals surface area contributed by atoms with Crippen LogP contribution in [0.3, 0.4) is 0 Å². The van der Waals surface area contributed by atoms with Gasteiger partial charge in [-0.2, -0.15) is 5.10 Å². The summed E-state index contributed by atoms with van der Waals surface area (Å²) in [7, 11) is 0. The van der Waals surface area contributed by atoms with Gasteiger partial charge in [-0.05, 0) is 37.5 Å². The lowest BCUT2D eigenvalue weighted by Crippen LogP contribution is -2.09. The topological polar surface area (TPSA) is 42.7 Å². The average molecular weight is 258 g/mol. The third-order valence-electron chi connectivity index (χ3n) is 3.22. The van der Waals surface area contributed by atoms with Crippen molar-refractivity contribution in [3.05, 3.63) is 42.0 Å². The number of nitrogens with zero attached hydrogens (tertiary/aromatic N) is 3. The van der Waals surface area contributed by atoms with Gasteiger partial charge in [0.1, 0.15) is 12.2 Å². The van der Waals surface area contributed by atoms with Crippen LogP contribution in [0.1, 0.15) is 38.1 Å². The molecular formula is C15H22N4. The molecule has 0 aliphatic heterocycles. The highest BCUT2D eigenvalue weighted by atomic mass is 15.3. The van der Waals surface area contributed by atoms with Gasteiger partial charge in [-0.25, -0.2) is 9.67 Å². The third kappa shape index (κ3) is 3.81. The monoisotopic (exact) mass is 258 g/mol. The van der Waals surface area contributed by atoms with Crippen LogP contribution in [0.2, 0.25) is 0 Å². The van der Waals surface area contributed by atoms with Gasteiger partial charge in [0.15, 0.2) is 0 Å². The molecule has 0 saturated carbocycles. The minimum absolute atomic E-state index is 0.710. The van der Waals surface area contributed by atoms with Gasteiger partial charge in [0.05, 0.1) is 6.54 Å². The van der Waals surface area contributed by atoms with E-state index in [0.717, 1.165) is 18.1 Å². The molecule has 1 aromatic heterocycles. The predicted octanol–water partition coefficient (Wildman–Crippen LogP) is 3.25. The fraction of sp³-hybridized carbons (Fsp3) is 0.467. The molecule has 1 aromatic carbocycles. The van der Waals surface area contributed by atoms with Crippen LogP contribution in [0, 0.1) is 0 Å². The number of hydrogen-bond acceptors (Lipinski definition) is 3. The first-order valence-electron chi connectivity index (χ1n) is 7.03. The van der Waals surface area contributed by atoms with Crippen molar-refractivity contribution < 1.29 is 0 Å². The van der Waals surface area contributed by atoms with Crippen molar-refractivity contribution in [2.45, 2.75) is 46.2 Å². The Morgan fingerprint density at radius 1 is 1.16 bits per heavy atom. The van der Waals surface area contributed by atoms with Crippen molar-refractivity contribution >= 4 is 5.69 Å². The van der Waals surface area contributed by atoms with E-state index in [1.54, 1.807) is 6.33 Å². The summed E-state index contributed by atoms with van der Waals surface area (Å²) >= 11 is 0. The number of benzene rings is 1. The van der Waals surface area contributed by atoms with Crippen LogP contribution in [0.5, 0.6) is 0 Å². The molecule has 0 bridgehead atoms. The van der Waals surface area contributed by atoms with E-state index >= 15 is 0 Å². The first kappa shape index (κ1) is 13.6. The van der Waals surface area contributed by atoms with E-state index < -0.39 is 0 Å². The SMILES string of the molecule is CCCCc1ccc(NCc2ncnn2CC)cc1. The second-order valence-electron chi connectivity index (χ2n) is 4.65. The van der Waals surface area contributed by atoms with Gasteiger partial charge < -0.3 is 5.32 Å². The summed E-state index contributed by atoms with van der Waals surface area (Å²) in [6, 6.07) is 8.67. The maximum atomic E-state index is 4.25. The molecule has 0 saturated heterocycles. The van der Waals surface area contributed by atoms with Gasteiger partial charge in [0.2, 0.25) is 0 Å². The number of unbranched alkanes of at least 4 members (excludes halogenated alkanes) is 1. The molecule has 19 heavy (non-hydrogen) atoms. The number of rotatable bonds is 7. The minimum Gasteiger partial charge on any atom is -0.378 e. The smallest absolute Gasteiger partial charge is 0.146 e. The summed E-state index contributed by atoms with van der Waals surface area (Å²) in [5.41, 5.74) is 2.54. The molecule has 0 aliphatic rings.